The largest absolute Gasteiger partial charge is 0.455 e. The van der Waals surface area contributed by atoms with Gasteiger partial charge in [-0.15, -0.1) is 11.3 Å². The van der Waals surface area contributed by atoms with Crippen LogP contribution in [0.3, 0.4) is 0 Å². The van der Waals surface area contributed by atoms with E-state index >= 15 is 0 Å². The Bertz CT molecular complexity index is 967. The van der Waals surface area contributed by atoms with Gasteiger partial charge in [0.15, 0.2) is 5.75 Å². The summed E-state index contributed by atoms with van der Waals surface area (Å²) in [6.45, 7) is 3.93. The molecule has 0 aliphatic rings. The van der Waals surface area contributed by atoms with Crippen molar-refractivity contribution < 1.29 is 14.3 Å². The van der Waals surface area contributed by atoms with Crippen LogP contribution in [0.25, 0.3) is 0 Å². The highest BCUT2D eigenvalue weighted by Gasteiger charge is 2.14. The van der Waals surface area contributed by atoms with Crippen molar-refractivity contribution in [3.8, 4) is 11.5 Å². The molecule has 0 bridgehead atoms. The van der Waals surface area contributed by atoms with E-state index in [0.29, 0.717) is 22.1 Å². The maximum absolute atomic E-state index is 12.3. The Morgan fingerprint density at radius 1 is 1.04 bits per heavy atom. The summed E-state index contributed by atoms with van der Waals surface area (Å²) in [5, 5.41) is 5.46. The van der Waals surface area contributed by atoms with Crippen LogP contribution in [0.15, 0.2) is 60.7 Å². The van der Waals surface area contributed by atoms with Crippen LogP contribution in [0.1, 0.15) is 27.0 Å². The third-order valence-electron chi connectivity index (χ3n) is 4.11. The third-order valence-corrected chi connectivity index (χ3v) is 5.49. The predicted molar refractivity (Wildman–Crippen MR) is 112 cm³/mol. The molecule has 3 aromatic rings. The lowest BCUT2D eigenvalue weighted by molar-refractivity contribution is -0.115. The normalized spacial score (nSPS) is 10.4. The van der Waals surface area contributed by atoms with Crippen molar-refractivity contribution in [2.24, 2.45) is 0 Å². The van der Waals surface area contributed by atoms with E-state index in [2.05, 4.69) is 17.6 Å². The molecule has 28 heavy (non-hydrogen) atoms. The molecule has 1 aromatic heterocycles. The van der Waals surface area contributed by atoms with Crippen molar-refractivity contribution >= 4 is 28.8 Å². The molecule has 0 spiro atoms. The summed E-state index contributed by atoms with van der Waals surface area (Å²) in [5.41, 5.74) is 1.65. The Morgan fingerprint density at radius 2 is 1.75 bits per heavy atom. The van der Waals surface area contributed by atoms with Crippen molar-refractivity contribution in [2.45, 2.75) is 20.3 Å². The number of para-hydroxylation sites is 3. The van der Waals surface area contributed by atoms with Gasteiger partial charge in [-0.25, -0.2) is 0 Å². The lowest BCUT2D eigenvalue weighted by Gasteiger charge is -2.12. The zero-order valence-electron chi connectivity index (χ0n) is 15.8. The van der Waals surface area contributed by atoms with Gasteiger partial charge < -0.3 is 15.4 Å². The van der Waals surface area contributed by atoms with E-state index in [0.717, 1.165) is 12.0 Å². The van der Waals surface area contributed by atoms with Crippen LogP contribution in [-0.2, 0) is 11.2 Å². The number of anilines is 1. The van der Waals surface area contributed by atoms with Crippen LogP contribution in [0.2, 0.25) is 0 Å². The van der Waals surface area contributed by atoms with Gasteiger partial charge >= 0.3 is 0 Å². The van der Waals surface area contributed by atoms with Crippen LogP contribution < -0.4 is 15.4 Å². The standard InChI is InChI=1S/C22H22N2O3S/c1-3-19-15(2)13-20(28-19)22(26)23-14-21(25)24-17-11-7-8-12-18(17)27-16-9-5-4-6-10-16/h4-13H,3,14H2,1-2H3,(H,23,26)(H,24,25). The summed E-state index contributed by atoms with van der Waals surface area (Å²) in [6, 6.07) is 18.4. The fourth-order valence-corrected chi connectivity index (χ4v) is 3.73. The monoisotopic (exact) mass is 394 g/mol. The summed E-state index contributed by atoms with van der Waals surface area (Å²) in [5.74, 6) is 0.658. The molecule has 0 radical (unpaired) electrons. The van der Waals surface area contributed by atoms with Gasteiger partial charge in [-0.3, -0.25) is 9.59 Å². The number of rotatable bonds is 7. The topological polar surface area (TPSA) is 67.4 Å². The van der Waals surface area contributed by atoms with Gasteiger partial charge in [0.25, 0.3) is 5.91 Å². The molecule has 0 fully saturated rings. The van der Waals surface area contributed by atoms with E-state index < -0.39 is 0 Å². The highest BCUT2D eigenvalue weighted by molar-refractivity contribution is 7.14. The molecule has 0 aliphatic heterocycles. The van der Waals surface area contributed by atoms with Gasteiger partial charge in [0, 0.05) is 4.88 Å². The summed E-state index contributed by atoms with van der Waals surface area (Å²) in [7, 11) is 0. The van der Waals surface area contributed by atoms with E-state index in [4.69, 9.17) is 4.74 Å². The van der Waals surface area contributed by atoms with Crippen LogP contribution in [0.4, 0.5) is 5.69 Å². The maximum atomic E-state index is 12.3. The Labute approximate surface area is 168 Å². The molecule has 0 atom stereocenters. The van der Waals surface area contributed by atoms with Gasteiger partial charge in [0.1, 0.15) is 5.75 Å². The Morgan fingerprint density at radius 3 is 2.46 bits per heavy atom. The average molecular weight is 394 g/mol. The van der Waals surface area contributed by atoms with E-state index in [1.54, 1.807) is 12.1 Å². The van der Waals surface area contributed by atoms with Crippen LogP contribution in [0, 0.1) is 6.92 Å². The molecule has 0 unspecified atom stereocenters. The Kier molecular flexibility index (Phi) is 6.45. The summed E-state index contributed by atoms with van der Waals surface area (Å²) in [4.78, 5) is 26.4. The molecule has 144 valence electrons. The second kappa shape index (κ2) is 9.19. The number of amides is 2. The van der Waals surface area contributed by atoms with Gasteiger partial charge in [0.05, 0.1) is 17.1 Å². The van der Waals surface area contributed by atoms with Gasteiger partial charge in [-0.1, -0.05) is 37.3 Å². The first-order valence-electron chi connectivity index (χ1n) is 9.06. The SMILES string of the molecule is CCc1sc(C(=O)NCC(=O)Nc2ccccc2Oc2ccccc2)cc1C. The lowest BCUT2D eigenvalue weighted by Crippen LogP contribution is -2.32. The minimum absolute atomic E-state index is 0.114. The fourth-order valence-electron chi connectivity index (χ4n) is 2.70. The van der Waals surface area contributed by atoms with E-state index in [1.807, 2.05) is 55.5 Å². The molecular weight excluding hydrogens is 372 g/mol. The highest BCUT2D eigenvalue weighted by Crippen LogP contribution is 2.29. The molecule has 2 N–H and O–H groups in total. The zero-order valence-corrected chi connectivity index (χ0v) is 16.6. The first kappa shape index (κ1) is 19.6. The van der Waals surface area contributed by atoms with Crippen LogP contribution in [0.5, 0.6) is 11.5 Å². The summed E-state index contributed by atoms with van der Waals surface area (Å²) >= 11 is 1.46. The average Bonchev–Trinajstić information content (AvgIpc) is 3.09. The zero-order chi connectivity index (χ0) is 19.9. The molecule has 0 saturated heterocycles. The minimum atomic E-state index is -0.318. The number of hydrogen-bond donors (Lipinski definition) is 2. The molecule has 0 aliphatic carbocycles. The number of thiophene rings is 1. The first-order valence-corrected chi connectivity index (χ1v) is 9.87. The quantitative estimate of drug-likeness (QED) is 0.606. The van der Waals surface area contributed by atoms with E-state index in [1.165, 1.54) is 16.2 Å². The Balaban J connectivity index is 1.59. The number of benzene rings is 2. The number of hydrogen-bond acceptors (Lipinski definition) is 4. The summed E-state index contributed by atoms with van der Waals surface area (Å²) in [6.07, 6.45) is 0.891. The number of carbonyl (C=O) groups excluding carboxylic acids is 2. The number of aryl methyl sites for hydroxylation is 2. The van der Waals surface area contributed by atoms with Crippen LogP contribution in [-0.4, -0.2) is 18.4 Å². The number of nitrogens with one attached hydrogen (secondary N) is 2. The first-order chi connectivity index (χ1) is 13.6. The van der Waals surface area contributed by atoms with Crippen LogP contribution >= 0.6 is 11.3 Å². The van der Waals surface area contributed by atoms with E-state index in [-0.39, 0.29) is 18.4 Å². The molecule has 2 amide bonds. The van der Waals surface area contributed by atoms with Crippen molar-refractivity contribution in [3.05, 3.63) is 76.0 Å². The molecule has 3 rings (SSSR count). The summed E-state index contributed by atoms with van der Waals surface area (Å²) < 4.78 is 5.83. The second-order valence-electron chi connectivity index (χ2n) is 6.21. The molecule has 5 nitrogen and oxygen atoms in total. The molecule has 2 aromatic carbocycles. The predicted octanol–water partition coefficient (Wildman–Crippen LogP) is 4.78. The Hall–Kier alpha value is -3.12. The second-order valence-corrected chi connectivity index (χ2v) is 7.35. The maximum Gasteiger partial charge on any atom is 0.261 e. The molecule has 1 heterocycles. The number of ether oxygens (including phenoxy) is 1. The van der Waals surface area contributed by atoms with Crippen molar-refractivity contribution in [1.82, 2.24) is 5.32 Å². The van der Waals surface area contributed by atoms with E-state index in [9.17, 15) is 9.59 Å². The van der Waals surface area contributed by atoms with Crippen molar-refractivity contribution in [2.75, 3.05) is 11.9 Å². The fraction of sp³-hybridized carbons (Fsp3) is 0.182. The van der Waals surface area contributed by atoms with Gasteiger partial charge in [-0.2, -0.15) is 0 Å². The van der Waals surface area contributed by atoms with Gasteiger partial charge in [0.2, 0.25) is 5.91 Å². The molecule has 6 heteroatoms. The molecular formula is C22H22N2O3S. The minimum Gasteiger partial charge on any atom is -0.455 e. The lowest BCUT2D eigenvalue weighted by atomic mass is 10.2. The third kappa shape index (κ3) is 4.98. The highest BCUT2D eigenvalue weighted by atomic mass is 32.1. The van der Waals surface area contributed by atoms with Crippen molar-refractivity contribution in [1.29, 1.82) is 0 Å². The van der Waals surface area contributed by atoms with Crippen molar-refractivity contribution in [3.63, 3.8) is 0 Å². The van der Waals surface area contributed by atoms with Gasteiger partial charge in [-0.05, 0) is 49.2 Å². The smallest absolute Gasteiger partial charge is 0.261 e. The molecule has 0 saturated carbocycles. The number of carbonyl (C=O) groups is 2.